The van der Waals surface area contributed by atoms with E-state index in [1.807, 2.05) is 39.0 Å². The van der Waals surface area contributed by atoms with Crippen LogP contribution in [0.15, 0.2) is 24.5 Å². The van der Waals surface area contributed by atoms with Gasteiger partial charge in [0.25, 0.3) is 0 Å². The van der Waals surface area contributed by atoms with Gasteiger partial charge in [0.05, 0.1) is 26.0 Å². The molecule has 0 aliphatic heterocycles. The molecule has 33 heavy (non-hydrogen) atoms. The number of nitrogens with zero attached hydrogens (tertiary/aromatic N) is 3. The summed E-state index contributed by atoms with van der Waals surface area (Å²) in [5.74, 6) is 1.89. The molecule has 0 saturated carbocycles. The van der Waals surface area contributed by atoms with Gasteiger partial charge in [0.2, 0.25) is 0 Å². The molecular formula is C24H31IN4O4. The number of hydrogen-bond donors (Lipinski definition) is 1. The second-order valence-electron chi connectivity index (χ2n) is 8.94. The van der Waals surface area contributed by atoms with E-state index in [4.69, 9.17) is 14.2 Å². The molecule has 0 aliphatic carbocycles. The Morgan fingerprint density at radius 2 is 1.91 bits per heavy atom. The van der Waals surface area contributed by atoms with E-state index < -0.39 is 5.60 Å². The van der Waals surface area contributed by atoms with Crippen LogP contribution in [0.25, 0.3) is 11.0 Å². The lowest BCUT2D eigenvalue weighted by atomic mass is 10.2. The van der Waals surface area contributed by atoms with Crippen LogP contribution >= 0.6 is 22.6 Å². The van der Waals surface area contributed by atoms with E-state index >= 15 is 0 Å². The normalized spacial score (nSPS) is 11.7. The topological polar surface area (TPSA) is 87.5 Å². The van der Waals surface area contributed by atoms with Crippen molar-refractivity contribution in [1.29, 1.82) is 0 Å². The molecule has 0 atom stereocenters. The summed E-state index contributed by atoms with van der Waals surface area (Å²) in [6.45, 7) is 10.3. The average Bonchev–Trinajstić information content (AvgIpc) is 3.02. The zero-order valence-corrected chi connectivity index (χ0v) is 22.3. The Morgan fingerprint density at radius 1 is 1.18 bits per heavy atom. The molecule has 0 radical (unpaired) electrons. The molecule has 8 nitrogen and oxygen atoms in total. The summed E-state index contributed by atoms with van der Waals surface area (Å²) >= 11 is 2.28. The fraction of sp³-hybridized carbons (Fsp3) is 0.458. The predicted molar refractivity (Wildman–Crippen MR) is 137 cm³/mol. The highest BCUT2D eigenvalue weighted by molar-refractivity contribution is 14.1. The van der Waals surface area contributed by atoms with Gasteiger partial charge in [-0.05, 0) is 69.3 Å². The number of hydrogen-bond acceptors (Lipinski definition) is 7. The van der Waals surface area contributed by atoms with Crippen molar-refractivity contribution in [3.63, 3.8) is 0 Å². The third-order valence-corrected chi connectivity index (χ3v) is 6.17. The Morgan fingerprint density at radius 3 is 2.52 bits per heavy atom. The molecular weight excluding hydrogens is 535 g/mol. The lowest BCUT2D eigenvalue weighted by Crippen LogP contribution is -2.26. The minimum Gasteiger partial charge on any atom is -0.497 e. The van der Waals surface area contributed by atoms with E-state index in [9.17, 15) is 4.79 Å². The van der Waals surface area contributed by atoms with Crippen LogP contribution < -0.4 is 14.8 Å². The van der Waals surface area contributed by atoms with E-state index in [2.05, 4.69) is 56.3 Å². The van der Waals surface area contributed by atoms with E-state index in [1.54, 1.807) is 20.5 Å². The number of esters is 1. The zero-order chi connectivity index (χ0) is 24.3. The van der Waals surface area contributed by atoms with Crippen LogP contribution in [0.5, 0.6) is 11.5 Å². The van der Waals surface area contributed by atoms with Gasteiger partial charge < -0.3 is 24.1 Å². The molecule has 3 aromatic rings. The van der Waals surface area contributed by atoms with Crippen LogP contribution in [0.4, 0.5) is 5.82 Å². The number of aromatic nitrogens is 3. The fourth-order valence-electron chi connectivity index (χ4n) is 3.68. The van der Waals surface area contributed by atoms with E-state index in [1.165, 1.54) is 0 Å². The maximum absolute atomic E-state index is 12.6. The van der Waals surface area contributed by atoms with Crippen molar-refractivity contribution in [1.82, 2.24) is 14.5 Å². The first-order valence-electron chi connectivity index (χ1n) is 10.8. The highest BCUT2D eigenvalue weighted by atomic mass is 127. The molecule has 0 aliphatic rings. The second-order valence-corrected chi connectivity index (χ2v) is 10.0. The summed E-state index contributed by atoms with van der Waals surface area (Å²) in [4.78, 5) is 21.7. The molecule has 0 fully saturated rings. The number of carbonyl (C=O) groups is 1. The molecule has 0 unspecified atom stereocenters. The molecule has 1 aromatic carbocycles. The van der Waals surface area contributed by atoms with Crippen molar-refractivity contribution < 1.29 is 19.0 Å². The van der Waals surface area contributed by atoms with Crippen molar-refractivity contribution in [2.24, 2.45) is 0 Å². The smallest absolute Gasteiger partial charge is 0.312 e. The van der Waals surface area contributed by atoms with Gasteiger partial charge in [-0.15, -0.1) is 0 Å². The number of anilines is 1. The van der Waals surface area contributed by atoms with Gasteiger partial charge >= 0.3 is 5.97 Å². The van der Waals surface area contributed by atoms with Crippen molar-refractivity contribution in [3.05, 3.63) is 39.4 Å². The molecule has 0 spiro atoms. The van der Waals surface area contributed by atoms with Gasteiger partial charge in [0.15, 0.2) is 0 Å². The third kappa shape index (κ3) is 5.69. The Hall–Kier alpha value is -2.56. The lowest BCUT2D eigenvalue weighted by Gasteiger charge is -2.20. The van der Waals surface area contributed by atoms with Gasteiger partial charge in [0.1, 0.15) is 34.9 Å². The standard InChI is InChI=1S/C24H31IN4O4/c1-14(2)29-17(11-19(30)33-24(3,4)5)21(25)20-22(27-13-28-23(20)29)26-12-15-8-9-16(31-6)10-18(15)32-7/h8-10,13-14H,11-12H2,1-7H3,(H,26,27,28). The minimum atomic E-state index is -0.541. The first-order valence-corrected chi connectivity index (χ1v) is 11.8. The van der Waals surface area contributed by atoms with Gasteiger partial charge in [0, 0.05) is 33.5 Å². The van der Waals surface area contributed by atoms with Crippen LogP contribution in [-0.2, 0) is 22.5 Å². The summed E-state index contributed by atoms with van der Waals surface area (Å²) in [5, 5.41) is 4.31. The third-order valence-electron chi connectivity index (χ3n) is 5.01. The van der Waals surface area contributed by atoms with Crippen molar-refractivity contribution in [2.75, 3.05) is 19.5 Å². The Bertz CT molecular complexity index is 1150. The second kappa shape index (κ2) is 10.1. The zero-order valence-electron chi connectivity index (χ0n) is 20.2. The molecule has 2 aromatic heterocycles. The Kier molecular flexibility index (Phi) is 7.71. The molecule has 178 valence electrons. The molecule has 0 bridgehead atoms. The quantitative estimate of drug-likeness (QED) is 0.299. The largest absolute Gasteiger partial charge is 0.497 e. The van der Waals surface area contributed by atoms with Crippen LogP contribution in [0, 0.1) is 3.57 Å². The van der Waals surface area contributed by atoms with Crippen molar-refractivity contribution >= 4 is 45.4 Å². The number of halogens is 1. The SMILES string of the molecule is COc1ccc(CNc2ncnc3c2c(I)c(CC(=O)OC(C)(C)C)n3C(C)C)c(OC)c1. The minimum absolute atomic E-state index is 0.109. The van der Waals surface area contributed by atoms with Crippen LogP contribution in [0.3, 0.4) is 0 Å². The average molecular weight is 566 g/mol. The summed E-state index contributed by atoms with van der Waals surface area (Å²) in [5.41, 5.74) is 2.09. The first-order chi connectivity index (χ1) is 15.6. The number of fused-ring (bicyclic) bond motifs is 1. The highest BCUT2D eigenvalue weighted by Gasteiger charge is 2.25. The summed E-state index contributed by atoms with van der Waals surface area (Å²) in [6, 6.07) is 5.82. The van der Waals surface area contributed by atoms with E-state index in [-0.39, 0.29) is 18.4 Å². The molecule has 3 rings (SSSR count). The molecule has 1 N–H and O–H groups in total. The highest BCUT2D eigenvalue weighted by Crippen LogP contribution is 2.34. The number of rotatable bonds is 8. The molecule has 9 heteroatoms. The van der Waals surface area contributed by atoms with Crippen LogP contribution in [0.1, 0.15) is 51.9 Å². The number of nitrogens with one attached hydrogen (secondary N) is 1. The summed E-state index contributed by atoms with van der Waals surface area (Å²) in [6.07, 6.45) is 1.71. The Labute approximate surface area is 208 Å². The lowest BCUT2D eigenvalue weighted by molar-refractivity contribution is -0.154. The first kappa shape index (κ1) is 25.1. The number of benzene rings is 1. The van der Waals surface area contributed by atoms with E-state index in [0.717, 1.165) is 37.4 Å². The Balaban J connectivity index is 1.99. The van der Waals surface area contributed by atoms with Crippen molar-refractivity contribution in [3.8, 4) is 11.5 Å². The fourth-order valence-corrected chi connectivity index (χ4v) is 4.63. The number of methoxy groups -OCH3 is 2. The molecule has 0 amide bonds. The maximum atomic E-state index is 12.6. The molecule has 2 heterocycles. The van der Waals surface area contributed by atoms with Gasteiger partial charge in [-0.3, -0.25) is 4.79 Å². The number of carbonyl (C=O) groups excluding carboxylic acids is 1. The maximum Gasteiger partial charge on any atom is 0.312 e. The summed E-state index contributed by atoms with van der Waals surface area (Å²) in [7, 11) is 3.26. The van der Waals surface area contributed by atoms with Crippen molar-refractivity contribution in [2.45, 2.75) is 59.2 Å². The molecule has 0 saturated heterocycles. The van der Waals surface area contributed by atoms with E-state index in [0.29, 0.717) is 12.4 Å². The van der Waals surface area contributed by atoms with Gasteiger partial charge in [-0.2, -0.15) is 0 Å². The monoisotopic (exact) mass is 566 g/mol. The summed E-state index contributed by atoms with van der Waals surface area (Å²) < 4.78 is 19.4. The number of ether oxygens (including phenoxy) is 3. The van der Waals surface area contributed by atoms with Gasteiger partial charge in [-0.1, -0.05) is 0 Å². The van der Waals surface area contributed by atoms with Gasteiger partial charge in [-0.25, -0.2) is 9.97 Å². The van der Waals surface area contributed by atoms with Crippen LogP contribution in [-0.4, -0.2) is 40.3 Å². The van der Waals surface area contributed by atoms with Crippen LogP contribution in [0.2, 0.25) is 0 Å². The predicted octanol–water partition coefficient (Wildman–Crippen LogP) is 5.13.